The van der Waals surface area contributed by atoms with Crippen LogP contribution in [0.5, 0.6) is 0 Å². The number of hydrogen-bond donors (Lipinski definition) is 2. The quantitative estimate of drug-likeness (QED) is 0.870. The van der Waals surface area contributed by atoms with Crippen LogP contribution in [0, 0.1) is 5.92 Å². The minimum Gasteiger partial charge on any atom is -0.339 e. The molecule has 1 saturated heterocycles. The summed E-state index contributed by atoms with van der Waals surface area (Å²) in [5, 5.41) is 0. The fourth-order valence-corrected chi connectivity index (χ4v) is 2.77. The molecule has 4 N–H and O–H groups in total. The maximum atomic E-state index is 12.4. The molecular weight excluding hydrogens is 250 g/mol. The minimum atomic E-state index is -0.415. The molecule has 2 unspecified atom stereocenters. The molecule has 4 heteroatoms. The van der Waals surface area contributed by atoms with Gasteiger partial charge >= 0.3 is 0 Å². The van der Waals surface area contributed by atoms with Crippen molar-refractivity contribution in [3.05, 3.63) is 35.9 Å². The van der Waals surface area contributed by atoms with Gasteiger partial charge in [-0.15, -0.1) is 0 Å². The Labute approximate surface area is 121 Å². The first-order valence-corrected chi connectivity index (χ1v) is 7.39. The lowest BCUT2D eigenvalue weighted by Gasteiger charge is -2.24. The Morgan fingerprint density at radius 1 is 1.35 bits per heavy atom. The van der Waals surface area contributed by atoms with Crippen molar-refractivity contribution >= 4 is 5.91 Å². The highest BCUT2D eigenvalue weighted by atomic mass is 16.2. The zero-order valence-electron chi connectivity index (χ0n) is 12.3. The fourth-order valence-electron chi connectivity index (χ4n) is 2.77. The average molecular weight is 275 g/mol. The summed E-state index contributed by atoms with van der Waals surface area (Å²) < 4.78 is 0. The maximum Gasteiger partial charge on any atom is 0.239 e. The van der Waals surface area contributed by atoms with E-state index in [-0.39, 0.29) is 23.8 Å². The number of nitrogens with zero attached hydrogens (tertiary/aromatic N) is 1. The second kappa shape index (κ2) is 6.37. The van der Waals surface area contributed by atoms with Crippen molar-refractivity contribution < 1.29 is 4.79 Å². The smallest absolute Gasteiger partial charge is 0.239 e. The molecule has 0 radical (unpaired) electrons. The monoisotopic (exact) mass is 275 g/mol. The van der Waals surface area contributed by atoms with Gasteiger partial charge in [0.1, 0.15) is 0 Å². The lowest BCUT2D eigenvalue weighted by atomic mass is 9.95. The van der Waals surface area contributed by atoms with E-state index in [1.807, 2.05) is 30.0 Å². The first-order valence-electron chi connectivity index (χ1n) is 7.39. The van der Waals surface area contributed by atoms with Crippen molar-refractivity contribution in [1.82, 2.24) is 4.90 Å². The van der Waals surface area contributed by atoms with Gasteiger partial charge in [0.05, 0.1) is 6.04 Å². The summed E-state index contributed by atoms with van der Waals surface area (Å²) in [6, 6.07) is 9.74. The van der Waals surface area contributed by atoms with Crippen molar-refractivity contribution in [2.45, 2.75) is 38.3 Å². The first-order chi connectivity index (χ1) is 9.54. The van der Waals surface area contributed by atoms with Gasteiger partial charge in [0.15, 0.2) is 0 Å². The van der Waals surface area contributed by atoms with E-state index in [0.717, 1.165) is 6.42 Å². The third kappa shape index (κ3) is 3.02. The van der Waals surface area contributed by atoms with E-state index in [1.54, 1.807) is 0 Å². The highest BCUT2D eigenvalue weighted by Gasteiger charge is 2.36. The molecule has 0 spiro atoms. The zero-order chi connectivity index (χ0) is 14.7. The normalized spacial score (nSPS) is 25.5. The third-order valence-electron chi connectivity index (χ3n) is 4.45. The molecule has 1 aliphatic rings. The number of nitrogens with two attached hydrogens (primary N) is 2. The van der Waals surface area contributed by atoms with Crippen molar-refractivity contribution in [2.24, 2.45) is 17.4 Å². The van der Waals surface area contributed by atoms with Crippen molar-refractivity contribution in [2.75, 3.05) is 13.1 Å². The lowest BCUT2D eigenvalue weighted by Crippen LogP contribution is -2.46. The molecule has 110 valence electrons. The van der Waals surface area contributed by atoms with Crippen molar-refractivity contribution in [3.63, 3.8) is 0 Å². The van der Waals surface area contributed by atoms with Crippen LogP contribution in [0.2, 0.25) is 0 Å². The van der Waals surface area contributed by atoms with Crippen LogP contribution in [0.15, 0.2) is 30.3 Å². The molecule has 4 nitrogen and oxygen atoms in total. The number of carbonyl (C=O) groups is 1. The summed E-state index contributed by atoms with van der Waals surface area (Å²) in [5.74, 6) is 0.451. The zero-order valence-corrected chi connectivity index (χ0v) is 12.3. The Morgan fingerprint density at radius 2 is 2.00 bits per heavy atom. The van der Waals surface area contributed by atoms with Crippen LogP contribution in [0.25, 0.3) is 0 Å². The summed E-state index contributed by atoms with van der Waals surface area (Å²) in [6.07, 6.45) is 0.912. The Hall–Kier alpha value is -1.39. The predicted molar refractivity (Wildman–Crippen MR) is 81.2 cm³/mol. The molecule has 2 rings (SSSR count). The average Bonchev–Trinajstić information content (AvgIpc) is 2.87. The number of benzene rings is 1. The van der Waals surface area contributed by atoms with Crippen LogP contribution >= 0.6 is 0 Å². The van der Waals surface area contributed by atoms with E-state index in [1.165, 1.54) is 5.56 Å². The van der Waals surface area contributed by atoms with Crippen LogP contribution in [0.1, 0.15) is 31.7 Å². The molecule has 1 aromatic carbocycles. The molecule has 1 fully saturated rings. The Morgan fingerprint density at radius 3 is 2.60 bits per heavy atom. The summed E-state index contributed by atoms with van der Waals surface area (Å²) in [4.78, 5) is 14.2. The van der Waals surface area contributed by atoms with Crippen LogP contribution in [0.3, 0.4) is 0 Å². The largest absolute Gasteiger partial charge is 0.339 e. The molecule has 1 aliphatic heterocycles. The van der Waals surface area contributed by atoms with Gasteiger partial charge < -0.3 is 16.4 Å². The van der Waals surface area contributed by atoms with E-state index in [0.29, 0.717) is 13.1 Å². The van der Waals surface area contributed by atoms with E-state index in [9.17, 15) is 4.79 Å². The highest BCUT2D eigenvalue weighted by molar-refractivity contribution is 5.82. The topological polar surface area (TPSA) is 72.4 Å². The molecule has 20 heavy (non-hydrogen) atoms. The second-order valence-corrected chi connectivity index (χ2v) is 5.84. The van der Waals surface area contributed by atoms with Crippen LogP contribution < -0.4 is 11.5 Å². The maximum absolute atomic E-state index is 12.4. The Bertz CT molecular complexity index is 448. The van der Waals surface area contributed by atoms with E-state index in [4.69, 9.17) is 11.5 Å². The second-order valence-electron chi connectivity index (χ2n) is 5.84. The molecule has 0 aromatic heterocycles. The van der Waals surface area contributed by atoms with Crippen molar-refractivity contribution in [3.8, 4) is 0 Å². The molecule has 1 amide bonds. The van der Waals surface area contributed by atoms with Gasteiger partial charge in [-0.25, -0.2) is 0 Å². The Balaban J connectivity index is 2.05. The number of hydrogen-bond acceptors (Lipinski definition) is 3. The van der Waals surface area contributed by atoms with Gasteiger partial charge in [0.25, 0.3) is 0 Å². The number of likely N-dealkylation sites (tertiary alicyclic amines) is 1. The SMILES string of the molecule is CCC(C)C(N)C(=O)N1C[C@@H](N)[C@H](c2ccccc2)C1. The summed E-state index contributed by atoms with van der Waals surface area (Å²) >= 11 is 0. The van der Waals surface area contributed by atoms with Gasteiger partial charge in [0.2, 0.25) is 5.91 Å². The van der Waals surface area contributed by atoms with Gasteiger partial charge in [0, 0.05) is 25.0 Å². The molecule has 1 aromatic rings. The minimum absolute atomic E-state index is 0.00881. The van der Waals surface area contributed by atoms with E-state index >= 15 is 0 Å². The van der Waals surface area contributed by atoms with Gasteiger partial charge in [-0.05, 0) is 11.5 Å². The summed E-state index contributed by atoms with van der Waals surface area (Å²) in [5.41, 5.74) is 13.5. The molecule has 0 aliphatic carbocycles. The van der Waals surface area contributed by atoms with Crippen LogP contribution in [-0.4, -0.2) is 36.0 Å². The van der Waals surface area contributed by atoms with Gasteiger partial charge in [-0.3, -0.25) is 4.79 Å². The fraction of sp³-hybridized carbons (Fsp3) is 0.562. The number of rotatable bonds is 4. The Kier molecular flexibility index (Phi) is 4.78. The molecule has 0 bridgehead atoms. The molecule has 0 saturated carbocycles. The molecule has 4 atom stereocenters. The van der Waals surface area contributed by atoms with E-state index < -0.39 is 6.04 Å². The number of amides is 1. The standard InChI is InChI=1S/C16H25N3O/c1-3-11(2)15(18)16(20)19-9-13(14(17)10-19)12-7-5-4-6-8-12/h4-8,11,13-15H,3,9-10,17-18H2,1-2H3/t11?,13-,14+,15?/m0/s1. The molecular formula is C16H25N3O. The lowest BCUT2D eigenvalue weighted by molar-refractivity contribution is -0.132. The first kappa shape index (κ1) is 15.0. The highest BCUT2D eigenvalue weighted by Crippen LogP contribution is 2.27. The van der Waals surface area contributed by atoms with Crippen molar-refractivity contribution in [1.29, 1.82) is 0 Å². The summed E-state index contributed by atoms with van der Waals surface area (Å²) in [6.45, 7) is 5.35. The number of carbonyl (C=O) groups excluding carboxylic acids is 1. The van der Waals surface area contributed by atoms with Gasteiger partial charge in [-0.2, -0.15) is 0 Å². The predicted octanol–water partition coefficient (Wildman–Crippen LogP) is 1.31. The summed E-state index contributed by atoms with van der Waals surface area (Å²) in [7, 11) is 0. The van der Waals surface area contributed by atoms with E-state index in [2.05, 4.69) is 19.1 Å². The molecule has 1 heterocycles. The van der Waals surface area contributed by atoms with Gasteiger partial charge in [-0.1, -0.05) is 50.6 Å². The van der Waals surface area contributed by atoms with Crippen LogP contribution in [-0.2, 0) is 4.79 Å². The van der Waals surface area contributed by atoms with Crippen LogP contribution in [0.4, 0.5) is 0 Å². The third-order valence-corrected chi connectivity index (χ3v) is 4.45.